The molecular formula is C13H21N3. The van der Waals surface area contributed by atoms with E-state index >= 15 is 0 Å². The maximum atomic E-state index is 4.48. The van der Waals surface area contributed by atoms with Crippen molar-refractivity contribution in [3.8, 4) is 0 Å². The van der Waals surface area contributed by atoms with Crippen LogP contribution in [0.3, 0.4) is 0 Å². The molecular weight excluding hydrogens is 198 g/mol. The lowest BCUT2D eigenvalue weighted by Gasteiger charge is -2.17. The van der Waals surface area contributed by atoms with E-state index in [2.05, 4.69) is 22.2 Å². The molecule has 1 aromatic rings. The Bertz CT molecular complexity index is 334. The molecule has 0 radical (unpaired) electrons. The predicted octanol–water partition coefficient (Wildman–Crippen LogP) is 2.11. The van der Waals surface area contributed by atoms with Crippen molar-refractivity contribution in [2.24, 2.45) is 5.92 Å². The molecule has 1 heterocycles. The van der Waals surface area contributed by atoms with Crippen molar-refractivity contribution in [3.05, 3.63) is 23.8 Å². The molecule has 1 saturated carbocycles. The van der Waals surface area contributed by atoms with Crippen LogP contribution >= 0.6 is 0 Å². The number of rotatable bonds is 6. The van der Waals surface area contributed by atoms with Crippen molar-refractivity contribution in [2.75, 3.05) is 6.54 Å². The summed E-state index contributed by atoms with van der Waals surface area (Å²) in [5.74, 6) is 1.75. The SMILES string of the molecule is CCCNC(Cc1ccnc(C)n1)C1CC1. The Morgan fingerprint density at radius 3 is 2.94 bits per heavy atom. The van der Waals surface area contributed by atoms with Gasteiger partial charge in [0.1, 0.15) is 5.82 Å². The van der Waals surface area contributed by atoms with Crippen LogP contribution in [0, 0.1) is 12.8 Å². The van der Waals surface area contributed by atoms with Crippen molar-refractivity contribution in [1.82, 2.24) is 15.3 Å². The summed E-state index contributed by atoms with van der Waals surface area (Å²) in [6.07, 6.45) is 6.87. The van der Waals surface area contributed by atoms with Crippen molar-refractivity contribution >= 4 is 0 Å². The standard InChI is InChI=1S/C13H21N3/c1-3-7-15-13(11-4-5-11)9-12-6-8-14-10(2)16-12/h6,8,11,13,15H,3-5,7,9H2,1-2H3. The lowest BCUT2D eigenvalue weighted by atomic mass is 10.1. The third-order valence-electron chi connectivity index (χ3n) is 3.11. The lowest BCUT2D eigenvalue weighted by molar-refractivity contribution is 0.455. The Labute approximate surface area is 97.7 Å². The summed E-state index contributed by atoms with van der Waals surface area (Å²) < 4.78 is 0. The molecule has 1 atom stereocenters. The van der Waals surface area contributed by atoms with E-state index in [0.717, 1.165) is 24.7 Å². The average Bonchev–Trinajstić information content (AvgIpc) is 3.08. The molecule has 0 spiro atoms. The highest BCUT2D eigenvalue weighted by molar-refractivity contribution is 5.05. The molecule has 0 aliphatic heterocycles. The third-order valence-corrected chi connectivity index (χ3v) is 3.11. The first-order chi connectivity index (χ1) is 7.79. The fourth-order valence-corrected chi connectivity index (χ4v) is 2.08. The monoisotopic (exact) mass is 219 g/mol. The largest absolute Gasteiger partial charge is 0.313 e. The summed E-state index contributed by atoms with van der Waals surface area (Å²) in [5, 5.41) is 3.64. The zero-order valence-electron chi connectivity index (χ0n) is 10.2. The van der Waals surface area contributed by atoms with Gasteiger partial charge in [-0.2, -0.15) is 0 Å². The summed E-state index contributed by atoms with van der Waals surface area (Å²) in [7, 11) is 0. The average molecular weight is 219 g/mol. The molecule has 3 nitrogen and oxygen atoms in total. The molecule has 1 fully saturated rings. The second kappa shape index (κ2) is 5.39. The summed E-state index contributed by atoms with van der Waals surface area (Å²) in [6, 6.07) is 2.66. The van der Waals surface area contributed by atoms with E-state index in [1.165, 1.54) is 25.0 Å². The van der Waals surface area contributed by atoms with Crippen LogP contribution in [0.5, 0.6) is 0 Å². The van der Waals surface area contributed by atoms with E-state index in [4.69, 9.17) is 0 Å². The quantitative estimate of drug-likeness (QED) is 0.796. The highest BCUT2D eigenvalue weighted by atomic mass is 14.9. The number of aryl methyl sites for hydroxylation is 1. The zero-order chi connectivity index (χ0) is 11.4. The molecule has 3 heteroatoms. The summed E-state index contributed by atoms with van der Waals surface area (Å²) in [5.41, 5.74) is 1.17. The second-order valence-electron chi connectivity index (χ2n) is 4.70. The maximum Gasteiger partial charge on any atom is 0.125 e. The van der Waals surface area contributed by atoms with Crippen LogP contribution < -0.4 is 5.32 Å². The third kappa shape index (κ3) is 3.27. The smallest absolute Gasteiger partial charge is 0.125 e. The number of aromatic nitrogens is 2. The van der Waals surface area contributed by atoms with Gasteiger partial charge in [0.2, 0.25) is 0 Å². The molecule has 1 unspecified atom stereocenters. The normalized spacial score (nSPS) is 17.4. The van der Waals surface area contributed by atoms with Gasteiger partial charge in [-0.15, -0.1) is 0 Å². The van der Waals surface area contributed by atoms with Gasteiger partial charge in [-0.1, -0.05) is 6.92 Å². The Morgan fingerprint density at radius 1 is 1.50 bits per heavy atom. The van der Waals surface area contributed by atoms with Crippen LogP contribution in [0.15, 0.2) is 12.3 Å². The van der Waals surface area contributed by atoms with E-state index in [-0.39, 0.29) is 0 Å². The molecule has 0 amide bonds. The molecule has 1 aliphatic carbocycles. The van der Waals surface area contributed by atoms with Gasteiger partial charge in [-0.25, -0.2) is 9.97 Å². The van der Waals surface area contributed by atoms with Gasteiger partial charge in [0.05, 0.1) is 0 Å². The first-order valence-electron chi connectivity index (χ1n) is 6.31. The molecule has 1 N–H and O–H groups in total. The Balaban J connectivity index is 1.94. The van der Waals surface area contributed by atoms with Crippen LogP contribution in [0.4, 0.5) is 0 Å². The fraction of sp³-hybridized carbons (Fsp3) is 0.692. The number of hydrogen-bond acceptors (Lipinski definition) is 3. The molecule has 0 bridgehead atoms. The van der Waals surface area contributed by atoms with E-state index in [1.807, 2.05) is 19.2 Å². The highest BCUT2D eigenvalue weighted by Gasteiger charge is 2.30. The molecule has 1 aliphatic rings. The summed E-state index contributed by atoms with van der Waals surface area (Å²) >= 11 is 0. The molecule has 16 heavy (non-hydrogen) atoms. The summed E-state index contributed by atoms with van der Waals surface area (Å²) in [4.78, 5) is 8.62. The zero-order valence-corrected chi connectivity index (χ0v) is 10.2. The Morgan fingerprint density at radius 2 is 2.31 bits per heavy atom. The van der Waals surface area contributed by atoms with Crippen LogP contribution in [0.25, 0.3) is 0 Å². The number of nitrogens with zero attached hydrogens (tertiary/aromatic N) is 2. The maximum absolute atomic E-state index is 4.48. The highest BCUT2D eigenvalue weighted by Crippen LogP contribution is 2.33. The van der Waals surface area contributed by atoms with Crippen LogP contribution in [0.2, 0.25) is 0 Å². The van der Waals surface area contributed by atoms with Crippen LogP contribution in [-0.4, -0.2) is 22.6 Å². The topological polar surface area (TPSA) is 37.8 Å². The van der Waals surface area contributed by atoms with Crippen molar-refractivity contribution in [1.29, 1.82) is 0 Å². The molecule has 0 aromatic carbocycles. The number of nitrogens with one attached hydrogen (secondary N) is 1. The molecule has 88 valence electrons. The minimum atomic E-state index is 0.620. The number of hydrogen-bond donors (Lipinski definition) is 1. The van der Waals surface area contributed by atoms with E-state index in [9.17, 15) is 0 Å². The van der Waals surface area contributed by atoms with Gasteiger partial charge in [0.15, 0.2) is 0 Å². The first kappa shape index (κ1) is 11.5. The summed E-state index contributed by atoms with van der Waals surface area (Å²) in [6.45, 7) is 5.28. The van der Waals surface area contributed by atoms with Gasteiger partial charge in [0, 0.05) is 24.4 Å². The van der Waals surface area contributed by atoms with Crippen LogP contribution in [-0.2, 0) is 6.42 Å². The molecule has 1 aromatic heterocycles. The van der Waals surface area contributed by atoms with Gasteiger partial charge in [0.25, 0.3) is 0 Å². The minimum absolute atomic E-state index is 0.620. The van der Waals surface area contributed by atoms with Crippen molar-refractivity contribution in [2.45, 2.75) is 45.6 Å². The van der Waals surface area contributed by atoms with Crippen molar-refractivity contribution in [3.63, 3.8) is 0 Å². The Kier molecular flexibility index (Phi) is 3.88. The molecule has 0 saturated heterocycles. The van der Waals surface area contributed by atoms with E-state index in [0.29, 0.717) is 6.04 Å². The van der Waals surface area contributed by atoms with Gasteiger partial charge in [-0.05, 0) is 44.7 Å². The van der Waals surface area contributed by atoms with Gasteiger partial charge < -0.3 is 5.32 Å². The minimum Gasteiger partial charge on any atom is -0.313 e. The van der Waals surface area contributed by atoms with Crippen LogP contribution in [0.1, 0.15) is 37.7 Å². The molecule has 2 rings (SSSR count). The Hall–Kier alpha value is -0.960. The van der Waals surface area contributed by atoms with E-state index < -0.39 is 0 Å². The van der Waals surface area contributed by atoms with Gasteiger partial charge in [-0.3, -0.25) is 0 Å². The second-order valence-corrected chi connectivity index (χ2v) is 4.70. The van der Waals surface area contributed by atoms with E-state index in [1.54, 1.807) is 0 Å². The fourth-order valence-electron chi connectivity index (χ4n) is 2.08. The van der Waals surface area contributed by atoms with Gasteiger partial charge >= 0.3 is 0 Å². The first-order valence-corrected chi connectivity index (χ1v) is 6.31. The predicted molar refractivity (Wildman–Crippen MR) is 65.3 cm³/mol. The van der Waals surface area contributed by atoms with Crippen molar-refractivity contribution < 1.29 is 0 Å². The lowest BCUT2D eigenvalue weighted by Crippen LogP contribution is -2.34.